The van der Waals surface area contributed by atoms with Crippen LogP contribution in [0.5, 0.6) is 0 Å². The predicted molar refractivity (Wildman–Crippen MR) is 64.0 cm³/mol. The van der Waals surface area contributed by atoms with Gasteiger partial charge in [0.2, 0.25) is 0 Å². The van der Waals surface area contributed by atoms with Crippen LogP contribution in [-0.4, -0.2) is 55.4 Å². The fraction of sp³-hybridized carbons (Fsp3) is 0.818. The largest absolute Gasteiger partial charge is 0.480 e. The summed E-state index contributed by atoms with van der Waals surface area (Å²) in [5.74, 6) is -0.720. The Kier molecular flexibility index (Phi) is 16.2. The second-order valence-corrected chi connectivity index (χ2v) is 3.14. The smallest absolute Gasteiger partial charge is 0.320 e. The second-order valence-electron chi connectivity index (χ2n) is 3.14. The zero-order valence-electron chi connectivity index (χ0n) is 10.5. The fourth-order valence-electron chi connectivity index (χ4n) is 1.17. The number of carbonyl (C=O) groups is 2. The van der Waals surface area contributed by atoms with Crippen LogP contribution in [0.1, 0.15) is 26.2 Å². The number of hydrogen-bond acceptors (Lipinski definition) is 5. The Bertz CT molecular complexity index is 181. The van der Waals surface area contributed by atoms with Crippen molar-refractivity contribution in [2.24, 2.45) is 0 Å². The summed E-state index contributed by atoms with van der Waals surface area (Å²) in [4.78, 5) is 19.7. The first-order valence-electron chi connectivity index (χ1n) is 5.64. The standard InChI is InChI=1S/C5H9NO2.C5H10O2.CH4O/c7-5(8)4-2-1-3-6-4;1-2-7-5-3-4-6;1-2/h4,6H,1-3H2,(H,7,8);4H,2-3,5H2,1H3;2H,1H3. The molecular weight excluding hydrogens is 226 g/mol. The van der Waals surface area contributed by atoms with Gasteiger partial charge < -0.3 is 25.1 Å². The van der Waals surface area contributed by atoms with Crippen molar-refractivity contribution in [1.82, 2.24) is 5.32 Å². The molecule has 3 N–H and O–H groups in total. The minimum absolute atomic E-state index is 0.269. The molecule has 0 saturated carbocycles. The molecule has 1 aliphatic rings. The molecule has 1 heterocycles. The van der Waals surface area contributed by atoms with E-state index in [9.17, 15) is 9.59 Å². The van der Waals surface area contributed by atoms with Gasteiger partial charge in [-0.05, 0) is 26.3 Å². The van der Waals surface area contributed by atoms with Crippen molar-refractivity contribution in [3.8, 4) is 0 Å². The van der Waals surface area contributed by atoms with Crippen molar-refractivity contribution < 1.29 is 24.5 Å². The van der Waals surface area contributed by atoms with Gasteiger partial charge in [0.05, 0.1) is 6.61 Å². The van der Waals surface area contributed by atoms with Crippen LogP contribution in [0.4, 0.5) is 0 Å². The lowest BCUT2D eigenvalue weighted by atomic mass is 10.2. The molecule has 0 bridgehead atoms. The van der Waals surface area contributed by atoms with Crippen molar-refractivity contribution in [2.45, 2.75) is 32.2 Å². The Balaban J connectivity index is 0. The molecule has 102 valence electrons. The first-order chi connectivity index (χ1) is 8.22. The number of aliphatic hydroxyl groups is 1. The molecule has 0 aromatic rings. The van der Waals surface area contributed by atoms with Crippen LogP contribution < -0.4 is 5.32 Å². The zero-order chi connectivity index (χ0) is 13.5. The summed E-state index contributed by atoms with van der Waals surface area (Å²) in [5.41, 5.74) is 0. The molecule has 0 aromatic carbocycles. The first-order valence-corrected chi connectivity index (χ1v) is 5.64. The number of nitrogens with one attached hydrogen (secondary N) is 1. The van der Waals surface area contributed by atoms with E-state index >= 15 is 0 Å². The van der Waals surface area contributed by atoms with Crippen LogP contribution >= 0.6 is 0 Å². The average molecular weight is 249 g/mol. The highest BCUT2D eigenvalue weighted by atomic mass is 16.5. The van der Waals surface area contributed by atoms with Gasteiger partial charge in [-0.2, -0.15) is 0 Å². The number of carboxylic acids is 1. The van der Waals surface area contributed by atoms with E-state index < -0.39 is 5.97 Å². The number of aldehydes is 1. The second kappa shape index (κ2) is 15.0. The van der Waals surface area contributed by atoms with Gasteiger partial charge in [0.1, 0.15) is 12.3 Å². The third-order valence-corrected chi connectivity index (χ3v) is 1.94. The van der Waals surface area contributed by atoms with Crippen molar-refractivity contribution in [3.63, 3.8) is 0 Å². The van der Waals surface area contributed by atoms with E-state index in [0.29, 0.717) is 19.6 Å². The molecular formula is C11H23NO5. The molecule has 1 aliphatic heterocycles. The van der Waals surface area contributed by atoms with E-state index in [1.165, 1.54) is 0 Å². The maximum atomic E-state index is 10.1. The van der Waals surface area contributed by atoms with Gasteiger partial charge in [0, 0.05) is 20.1 Å². The van der Waals surface area contributed by atoms with Gasteiger partial charge in [-0.25, -0.2) is 0 Å². The van der Waals surface area contributed by atoms with Crippen LogP contribution in [0.25, 0.3) is 0 Å². The summed E-state index contributed by atoms with van der Waals surface area (Å²) in [6.45, 7) is 4.04. The van der Waals surface area contributed by atoms with Gasteiger partial charge >= 0.3 is 5.97 Å². The summed E-state index contributed by atoms with van der Waals surface area (Å²) in [6.07, 6.45) is 3.16. The molecule has 0 aliphatic carbocycles. The van der Waals surface area contributed by atoms with Crippen LogP contribution in [0.3, 0.4) is 0 Å². The van der Waals surface area contributed by atoms with Gasteiger partial charge in [-0.1, -0.05) is 0 Å². The molecule has 0 radical (unpaired) electrons. The molecule has 0 aromatic heterocycles. The minimum Gasteiger partial charge on any atom is -0.480 e. The molecule has 1 saturated heterocycles. The highest BCUT2D eigenvalue weighted by Crippen LogP contribution is 2.03. The summed E-state index contributed by atoms with van der Waals surface area (Å²) in [5, 5.41) is 18.2. The van der Waals surface area contributed by atoms with Gasteiger partial charge in [-0.3, -0.25) is 4.79 Å². The number of aliphatic hydroxyl groups excluding tert-OH is 1. The van der Waals surface area contributed by atoms with E-state index in [1.807, 2.05) is 6.92 Å². The Morgan fingerprint density at radius 1 is 1.53 bits per heavy atom. The lowest BCUT2D eigenvalue weighted by Gasteiger charge is -1.99. The van der Waals surface area contributed by atoms with E-state index in [2.05, 4.69) is 5.32 Å². The molecule has 6 nitrogen and oxygen atoms in total. The van der Waals surface area contributed by atoms with E-state index in [1.54, 1.807) is 0 Å². The quantitative estimate of drug-likeness (QED) is 0.470. The number of rotatable bonds is 5. The Morgan fingerprint density at radius 3 is 2.47 bits per heavy atom. The van der Waals surface area contributed by atoms with Gasteiger partial charge in [-0.15, -0.1) is 0 Å². The molecule has 1 unspecified atom stereocenters. The third-order valence-electron chi connectivity index (χ3n) is 1.94. The Hall–Kier alpha value is -0.980. The first kappa shape index (κ1) is 18.4. The van der Waals surface area contributed by atoms with Crippen molar-refractivity contribution in [3.05, 3.63) is 0 Å². The average Bonchev–Trinajstić information content (AvgIpc) is 2.87. The van der Waals surface area contributed by atoms with Crippen LogP contribution in [0.2, 0.25) is 0 Å². The van der Waals surface area contributed by atoms with Crippen molar-refractivity contribution in [1.29, 1.82) is 0 Å². The van der Waals surface area contributed by atoms with Gasteiger partial charge in [0.15, 0.2) is 0 Å². The minimum atomic E-state index is -0.720. The van der Waals surface area contributed by atoms with E-state index in [0.717, 1.165) is 32.8 Å². The van der Waals surface area contributed by atoms with Crippen molar-refractivity contribution >= 4 is 12.3 Å². The number of aliphatic carboxylic acids is 1. The number of hydrogen-bond donors (Lipinski definition) is 3. The van der Waals surface area contributed by atoms with Crippen LogP contribution in [-0.2, 0) is 14.3 Å². The summed E-state index contributed by atoms with van der Waals surface area (Å²) in [7, 11) is 1.00. The highest BCUT2D eigenvalue weighted by molar-refractivity contribution is 5.73. The fourth-order valence-corrected chi connectivity index (χ4v) is 1.17. The summed E-state index contributed by atoms with van der Waals surface area (Å²) >= 11 is 0. The number of carbonyl (C=O) groups excluding carboxylic acids is 1. The molecule has 0 amide bonds. The molecule has 0 spiro atoms. The SMILES string of the molecule is CCOCCC=O.CO.O=C(O)C1CCCN1. The highest BCUT2D eigenvalue weighted by Gasteiger charge is 2.20. The molecule has 1 rings (SSSR count). The number of ether oxygens (including phenoxy) is 1. The topological polar surface area (TPSA) is 95.9 Å². The monoisotopic (exact) mass is 249 g/mol. The maximum absolute atomic E-state index is 10.1. The maximum Gasteiger partial charge on any atom is 0.320 e. The predicted octanol–water partition coefficient (Wildman–Crippen LogP) is 0.0434. The van der Waals surface area contributed by atoms with E-state index in [-0.39, 0.29) is 6.04 Å². The molecule has 1 fully saturated rings. The lowest BCUT2D eigenvalue weighted by Crippen LogP contribution is -2.29. The molecule has 17 heavy (non-hydrogen) atoms. The number of carboxylic acid groups (broad SMARTS) is 1. The zero-order valence-corrected chi connectivity index (χ0v) is 10.5. The lowest BCUT2D eigenvalue weighted by molar-refractivity contribution is -0.139. The Labute approximate surface area is 102 Å². The molecule has 1 atom stereocenters. The van der Waals surface area contributed by atoms with Crippen LogP contribution in [0, 0.1) is 0 Å². The normalized spacial score (nSPS) is 17.2. The van der Waals surface area contributed by atoms with E-state index in [4.69, 9.17) is 14.9 Å². The summed E-state index contributed by atoms with van der Waals surface area (Å²) in [6, 6.07) is -0.269. The molecule has 6 heteroatoms. The Morgan fingerprint density at radius 2 is 2.18 bits per heavy atom. The third kappa shape index (κ3) is 13.0. The van der Waals surface area contributed by atoms with Gasteiger partial charge in [0.25, 0.3) is 0 Å². The summed E-state index contributed by atoms with van der Waals surface area (Å²) < 4.78 is 4.84. The van der Waals surface area contributed by atoms with Crippen LogP contribution in [0.15, 0.2) is 0 Å². The van der Waals surface area contributed by atoms with Crippen molar-refractivity contribution in [2.75, 3.05) is 26.9 Å².